The van der Waals surface area contributed by atoms with Gasteiger partial charge in [-0.05, 0) is 20.3 Å². The molecule has 102 valence electrons. The van der Waals surface area contributed by atoms with Crippen molar-refractivity contribution < 1.29 is 19.1 Å². The van der Waals surface area contributed by atoms with Crippen LogP contribution in [-0.2, 0) is 4.79 Å². The highest BCUT2D eigenvalue weighted by Gasteiger charge is 2.45. The highest BCUT2D eigenvalue weighted by molar-refractivity contribution is 5.79. The number of carbonyl (C=O) groups is 2. The minimum atomic E-state index is -1.17. The zero-order valence-corrected chi connectivity index (χ0v) is 10.7. The molecule has 18 heavy (non-hydrogen) atoms. The van der Waals surface area contributed by atoms with Crippen molar-refractivity contribution in [3.63, 3.8) is 0 Å². The van der Waals surface area contributed by atoms with Crippen molar-refractivity contribution in [2.24, 2.45) is 5.41 Å². The molecule has 1 unspecified atom stereocenters. The summed E-state index contributed by atoms with van der Waals surface area (Å²) < 4.78 is 13.3. The lowest BCUT2D eigenvalue weighted by Gasteiger charge is -2.39. The molecule has 2 aliphatic rings. The molecule has 1 saturated heterocycles. The van der Waals surface area contributed by atoms with Gasteiger partial charge in [-0.15, -0.1) is 0 Å². The molecule has 1 aliphatic carbocycles. The molecule has 5 nitrogen and oxygen atoms in total. The van der Waals surface area contributed by atoms with Crippen LogP contribution in [0.25, 0.3) is 0 Å². The highest BCUT2D eigenvalue weighted by atomic mass is 19.1. The van der Waals surface area contributed by atoms with Gasteiger partial charge in [0.1, 0.15) is 5.67 Å². The average molecular weight is 258 g/mol. The van der Waals surface area contributed by atoms with Crippen LogP contribution in [0.15, 0.2) is 0 Å². The molecule has 1 aliphatic heterocycles. The van der Waals surface area contributed by atoms with E-state index in [0.29, 0.717) is 25.8 Å². The summed E-state index contributed by atoms with van der Waals surface area (Å²) >= 11 is 0. The fraction of sp³-hybridized carbons (Fsp3) is 0.833. The van der Waals surface area contributed by atoms with Crippen LogP contribution < -0.4 is 5.32 Å². The number of rotatable bonds is 2. The Hall–Kier alpha value is -1.33. The first-order valence-corrected chi connectivity index (χ1v) is 6.20. The molecule has 0 aromatic rings. The second-order valence-electron chi connectivity index (χ2n) is 6.01. The molecule has 2 fully saturated rings. The quantitative estimate of drug-likeness (QED) is 0.786. The molecule has 1 saturated carbocycles. The van der Waals surface area contributed by atoms with E-state index in [4.69, 9.17) is 5.11 Å². The summed E-state index contributed by atoms with van der Waals surface area (Å²) in [4.78, 5) is 24.4. The smallest absolute Gasteiger partial charge is 0.317 e. The van der Waals surface area contributed by atoms with Gasteiger partial charge in [-0.3, -0.25) is 4.79 Å². The first-order valence-electron chi connectivity index (χ1n) is 6.20. The van der Waals surface area contributed by atoms with E-state index in [1.165, 1.54) is 11.8 Å². The minimum absolute atomic E-state index is 0.121. The topological polar surface area (TPSA) is 69.6 Å². The van der Waals surface area contributed by atoms with Gasteiger partial charge in [-0.2, -0.15) is 0 Å². The van der Waals surface area contributed by atoms with Crippen molar-refractivity contribution in [3.8, 4) is 0 Å². The Labute approximate surface area is 105 Å². The number of halogens is 1. The third-order valence-corrected chi connectivity index (χ3v) is 3.95. The summed E-state index contributed by atoms with van der Waals surface area (Å²) in [5.74, 6) is -0.877. The van der Waals surface area contributed by atoms with Crippen molar-refractivity contribution in [1.82, 2.24) is 10.2 Å². The van der Waals surface area contributed by atoms with E-state index >= 15 is 0 Å². The van der Waals surface area contributed by atoms with E-state index in [0.717, 1.165) is 0 Å². The lowest BCUT2D eigenvalue weighted by Crippen LogP contribution is -2.54. The maximum atomic E-state index is 13.3. The number of likely N-dealkylation sites (tertiary alicyclic amines) is 1. The van der Waals surface area contributed by atoms with E-state index < -0.39 is 17.1 Å². The Balaban J connectivity index is 1.83. The fourth-order valence-corrected chi connectivity index (χ4v) is 2.64. The maximum absolute atomic E-state index is 13.3. The van der Waals surface area contributed by atoms with Gasteiger partial charge in [-0.25, -0.2) is 9.18 Å². The first kappa shape index (κ1) is 13.1. The number of urea groups is 1. The van der Waals surface area contributed by atoms with Gasteiger partial charge in [-0.1, -0.05) is 0 Å². The Morgan fingerprint density at radius 1 is 1.39 bits per heavy atom. The Morgan fingerprint density at radius 2 is 2.00 bits per heavy atom. The molecule has 2 amide bonds. The molecule has 2 rings (SSSR count). The van der Waals surface area contributed by atoms with Crippen molar-refractivity contribution in [1.29, 1.82) is 0 Å². The molecule has 2 N–H and O–H groups in total. The SMILES string of the molecule is CC1(F)CC(NC(=O)N2CCC(C)(C(=O)O)C2)C1. The van der Waals surface area contributed by atoms with Gasteiger partial charge in [0.2, 0.25) is 0 Å². The second kappa shape index (κ2) is 4.10. The number of hydrogen-bond acceptors (Lipinski definition) is 2. The van der Waals surface area contributed by atoms with Crippen molar-refractivity contribution in [2.75, 3.05) is 13.1 Å². The van der Waals surface area contributed by atoms with Gasteiger partial charge in [0.05, 0.1) is 5.41 Å². The molecular weight excluding hydrogens is 239 g/mol. The molecule has 0 spiro atoms. The molecule has 0 aromatic carbocycles. The molecule has 1 heterocycles. The Morgan fingerprint density at radius 3 is 2.44 bits per heavy atom. The number of amides is 2. The lowest BCUT2D eigenvalue weighted by atomic mass is 9.79. The third kappa shape index (κ3) is 2.42. The fourth-order valence-electron chi connectivity index (χ4n) is 2.64. The first-order chi connectivity index (χ1) is 8.22. The van der Waals surface area contributed by atoms with Crippen molar-refractivity contribution >= 4 is 12.0 Å². The van der Waals surface area contributed by atoms with Gasteiger partial charge in [0.25, 0.3) is 0 Å². The summed E-state index contributed by atoms with van der Waals surface area (Å²) in [5, 5.41) is 11.8. The van der Waals surface area contributed by atoms with E-state index in [1.807, 2.05) is 0 Å². The van der Waals surface area contributed by atoms with Crippen LogP contribution >= 0.6 is 0 Å². The van der Waals surface area contributed by atoms with Crippen molar-refractivity contribution in [3.05, 3.63) is 0 Å². The predicted molar refractivity (Wildman–Crippen MR) is 63.0 cm³/mol. The summed E-state index contributed by atoms with van der Waals surface area (Å²) in [7, 11) is 0. The second-order valence-corrected chi connectivity index (χ2v) is 6.01. The van der Waals surface area contributed by atoms with Crippen LogP contribution in [0.5, 0.6) is 0 Å². The third-order valence-electron chi connectivity index (χ3n) is 3.95. The number of carbonyl (C=O) groups excluding carboxylic acids is 1. The Bertz CT molecular complexity index is 378. The predicted octanol–water partition coefficient (Wildman–Crippen LogP) is 1.38. The molecule has 1 atom stereocenters. The summed E-state index contributed by atoms with van der Waals surface area (Å²) in [6.45, 7) is 3.82. The number of carboxylic acid groups (broad SMARTS) is 1. The van der Waals surface area contributed by atoms with Crippen LogP contribution in [0.2, 0.25) is 0 Å². The number of nitrogens with one attached hydrogen (secondary N) is 1. The molecule has 6 heteroatoms. The van der Waals surface area contributed by atoms with Crippen LogP contribution in [0.3, 0.4) is 0 Å². The van der Waals surface area contributed by atoms with Crippen LogP contribution in [-0.4, -0.2) is 46.8 Å². The van der Waals surface area contributed by atoms with Crippen molar-refractivity contribution in [2.45, 2.75) is 44.8 Å². The molecule has 0 aromatic heterocycles. The molecule has 0 bridgehead atoms. The van der Waals surface area contributed by atoms with E-state index in [-0.39, 0.29) is 18.6 Å². The largest absolute Gasteiger partial charge is 0.481 e. The summed E-state index contributed by atoms with van der Waals surface area (Å²) in [6, 6.07) is -0.398. The lowest BCUT2D eigenvalue weighted by molar-refractivity contribution is -0.146. The van der Waals surface area contributed by atoms with E-state index in [9.17, 15) is 14.0 Å². The number of hydrogen-bond donors (Lipinski definition) is 2. The highest BCUT2D eigenvalue weighted by Crippen LogP contribution is 2.36. The normalized spacial score (nSPS) is 39.3. The average Bonchev–Trinajstić information content (AvgIpc) is 2.59. The number of carboxylic acids is 1. The molecular formula is C12H19FN2O3. The minimum Gasteiger partial charge on any atom is -0.481 e. The van der Waals surface area contributed by atoms with Gasteiger partial charge >= 0.3 is 12.0 Å². The standard InChI is InChI=1S/C12H19FN2O3/c1-11(9(16)17)3-4-15(7-11)10(18)14-8-5-12(2,13)6-8/h8H,3-7H2,1-2H3,(H,14,18)(H,16,17). The van der Waals surface area contributed by atoms with E-state index in [2.05, 4.69) is 5.32 Å². The summed E-state index contributed by atoms with van der Waals surface area (Å²) in [5.41, 5.74) is -2.02. The number of alkyl halides is 1. The zero-order chi connectivity index (χ0) is 13.6. The van der Waals surface area contributed by atoms with Gasteiger partial charge in [0, 0.05) is 32.0 Å². The number of aliphatic carboxylic acids is 1. The van der Waals surface area contributed by atoms with Gasteiger partial charge < -0.3 is 15.3 Å². The van der Waals surface area contributed by atoms with Crippen LogP contribution in [0.1, 0.15) is 33.1 Å². The summed E-state index contributed by atoms with van der Waals surface area (Å²) in [6.07, 6.45) is 1.13. The number of nitrogens with zero attached hydrogens (tertiary/aromatic N) is 1. The molecule has 0 radical (unpaired) electrons. The Kier molecular flexibility index (Phi) is 2.99. The van der Waals surface area contributed by atoms with Crippen LogP contribution in [0.4, 0.5) is 9.18 Å². The zero-order valence-electron chi connectivity index (χ0n) is 10.7. The van der Waals surface area contributed by atoms with Gasteiger partial charge in [0.15, 0.2) is 0 Å². The van der Waals surface area contributed by atoms with Crippen LogP contribution in [0, 0.1) is 5.41 Å². The maximum Gasteiger partial charge on any atom is 0.317 e. The monoisotopic (exact) mass is 258 g/mol. The van der Waals surface area contributed by atoms with E-state index in [1.54, 1.807) is 6.92 Å².